The third kappa shape index (κ3) is 3.44. The molecule has 0 atom stereocenters. The minimum atomic E-state index is -4.25. The first-order valence-corrected chi connectivity index (χ1v) is 8.39. The highest BCUT2D eigenvalue weighted by molar-refractivity contribution is 7.89. The lowest BCUT2D eigenvalue weighted by atomic mass is 9.86. The summed E-state index contributed by atoms with van der Waals surface area (Å²) in [7, 11) is -2.93. The number of halogens is 2. The average Bonchev–Trinajstić information content (AvgIpc) is 2.31. The second-order valence-electron chi connectivity index (χ2n) is 5.53. The highest BCUT2D eigenvalue weighted by Crippen LogP contribution is 2.30. The molecule has 0 unspecified atom stereocenters. The third-order valence-corrected chi connectivity index (χ3v) is 5.60. The summed E-state index contributed by atoms with van der Waals surface area (Å²) in [5, 5.41) is 2.22. The molecule has 0 bridgehead atoms. The van der Waals surface area contributed by atoms with Crippen molar-refractivity contribution in [2.45, 2.75) is 31.1 Å². The van der Waals surface area contributed by atoms with E-state index in [1.54, 1.807) is 0 Å². The number of nitrogens with one attached hydrogen (secondary N) is 1. The molecule has 0 aliphatic heterocycles. The first kappa shape index (κ1) is 16.8. The summed E-state index contributed by atoms with van der Waals surface area (Å²) < 4.78 is 53.8. The highest BCUT2D eigenvalue weighted by atomic mass is 32.2. The number of carbonyl (C=O) groups is 1. The van der Waals surface area contributed by atoms with E-state index < -0.39 is 32.5 Å². The molecule has 1 amide bonds. The smallest absolute Gasteiger partial charge is 0.248 e. The summed E-state index contributed by atoms with van der Waals surface area (Å²) in [5.41, 5.74) is -0.122. The van der Waals surface area contributed by atoms with E-state index in [9.17, 15) is 22.0 Å². The SMILES string of the molecule is CC(=O)Nc1cc(F)c(S(=O)(=O)N(C)CC2CCC2)c(F)c1. The van der Waals surface area contributed by atoms with Gasteiger partial charge in [0.25, 0.3) is 0 Å². The fourth-order valence-corrected chi connectivity index (χ4v) is 3.70. The molecule has 1 aliphatic rings. The van der Waals surface area contributed by atoms with Crippen molar-refractivity contribution < 1.29 is 22.0 Å². The molecule has 1 N–H and O–H groups in total. The van der Waals surface area contributed by atoms with Crippen LogP contribution in [0.5, 0.6) is 0 Å². The van der Waals surface area contributed by atoms with Crippen molar-refractivity contribution in [1.82, 2.24) is 4.31 Å². The predicted molar refractivity (Wildman–Crippen MR) is 77.8 cm³/mol. The van der Waals surface area contributed by atoms with Crippen LogP contribution in [-0.4, -0.2) is 32.2 Å². The van der Waals surface area contributed by atoms with Gasteiger partial charge in [0.15, 0.2) is 4.90 Å². The van der Waals surface area contributed by atoms with Crippen LogP contribution < -0.4 is 5.32 Å². The zero-order valence-corrected chi connectivity index (χ0v) is 13.2. The minimum absolute atomic E-state index is 0.122. The Morgan fingerprint density at radius 2 is 1.86 bits per heavy atom. The van der Waals surface area contributed by atoms with Crippen molar-refractivity contribution in [3.8, 4) is 0 Å². The van der Waals surface area contributed by atoms with Gasteiger partial charge in [0.05, 0.1) is 0 Å². The van der Waals surface area contributed by atoms with Crippen molar-refractivity contribution >= 4 is 21.6 Å². The first-order chi connectivity index (χ1) is 10.2. The van der Waals surface area contributed by atoms with Gasteiger partial charge >= 0.3 is 0 Å². The number of benzene rings is 1. The van der Waals surface area contributed by atoms with Crippen molar-refractivity contribution in [3.05, 3.63) is 23.8 Å². The topological polar surface area (TPSA) is 66.5 Å². The molecule has 8 heteroatoms. The Hall–Kier alpha value is -1.54. The van der Waals surface area contributed by atoms with Gasteiger partial charge in [-0.25, -0.2) is 21.5 Å². The number of rotatable bonds is 5. The summed E-state index contributed by atoms with van der Waals surface area (Å²) >= 11 is 0. The van der Waals surface area contributed by atoms with E-state index in [2.05, 4.69) is 5.32 Å². The summed E-state index contributed by atoms with van der Waals surface area (Å²) in [6.45, 7) is 1.43. The summed E-state index contributed by atoms with van der Waals surface area (Å²) in [6, 6.07) is 1.60. The molecule has 1 fully saturated rings. The Balaban J connectivity index is 2.31. The van der Waals surface area contributed by atoms with Crippen LogP contribution in [0, 0.1) is 17.6 Å². The number of anilines is 1. The van der Waals surface area contributed by atoms with Gasteiger partial charge < -0.3 is 5.32 Å². The molecule has 1 saturated carbocycles. The number of nitrogens with zero attached hydrogens (tertiary/aromatic N) is 1. The Labute approximate surface area is 128 Å². The van der Waals surface area contributed by atoms with E-state index in [0.29, 0.717) is 0 Å². The van der Waals surface area contributed by atoms with E-state index in [4.69, 9.17) is 0 Å². The van der Waals surface area contributed by atoms with Gasteiger partial charge in [0.1, 0.15) is 11.6 Å². The van der Waals surface area contributed by atoms with E-state index in [1.807, 2.05) is 0 Å². The molecule has 0 aromatic heterocycles. The zero-order valence-electron chi connectivity index (χ0n) is 12.4. The lowest BCUT2D eigenvalue weighted by Crippen LogP contribution is -2.35. The van der Waals surface area contributed by atoms with E-state index in [-0.39, 0.29) is 18.2 Å². The second-order valence-corrected chi connectivity index (χ2v) is 7.51. The maximum atomic E-state index is 14.1. The van der Waals surface area contributed by atoms with Gasteiger partial charge in [0.2, 0.25) is 15.9 Å². The normalized spacial score (nSPS) is 15.7. The van der Waals surface area contributed by atoms with Crippen LogP contribution in [0.4, 0.5) is 14.5 Å². The average molecular weight is 332 g/mol. The van der Waals surface area contributed by atoms with E-state index in [1.165, 1.54) is 14.0 Å². The Morgan fingerprint density at radius 1 is 1.32 bits per heavy atom. The monoisotopic (exact) mass is 332 g/mol. The Kier molecular flexibility index (Phi) is 4.81. The molecule has 5 nitrogen and oxygen atoms in total. The fraction of sp³-hybridized carbons (Fsp3) is 0.500. The maximum absolute atomic E-state index is 14.1. The first-order valence-electron chi connectivity index (χ1n) is 6.95. The van der Waals surface area contributed by atoms with Crippen molar-refractivity contribution in [3.63, 3.8) is 0 Å². The van der Waals surface area contributed by atoms with E-state index in [0.717, 1.165) is 35.7 Å². The Bertz CT molecular complexity index is 664. The van der Waals surface area contributed by atoms with Gasteiger partial charge in [-0.3, -0.25) is 4.79 Å². The molecule has 22 heavy (non-hydrogen) atoms. The number of hydrogen-bond acceptors (Lipinski definition) is 3. The zero-order chi connectivity index (χ0) is 16.5. The molecular formula is C14H18F2N2O3S. The van der Waals surface area contributed by atoms with Gasteiger partial charge in [-0.05, 0) is 30.9 Å². The molecular weight excluding hydrogens is 314 g/mol. The van der Waals surface area contributed by atoms with Crippen LogP contribution in [0.3, 0.4) is 0 Å². The van der Waals surface area contributed by atoms with Crippen molar-refractivity contribution in [2.75, 3.05) is 18.9 Å². The molecule has 122 valence electrons. The maximum Gasteiger partial charge on any atom is 0.248 e. The number of sulfonamides is 1. The van der Waals surface area contributed by atoms with Crippen LogP contribution in [0.1, 0.15) is 26.2 Å². The van der Waals surface area contributed by atoms with Crippen LogP contribution in [-0.2, 0) is 14.8 Å². The highest BCUT2D eigenvalue weighted by Gasteiger charge is 2.31. The quantitative estimate of drug-likeness (QED) is 0.900. The minimum Gasteiger partial charge on any atom is -0.326 e. The van der Waals surface area contributed by atoms with Gasteiger partial charge in [-0.15, -0.1) is 0 Å². The van der Waals surface area contributed by atoms with Crippen molar-refractivity contribution in [2.24, 2.45) is 5.92 Å². The lowest BCUT2D eigenvalue weighted by molar-refractivity contribution is -0.114. The van der Waals surface area contributed by atoms with E-state index >= 15 is 0 Å². The molecule has 0 radical (unpaired) electrons. The number of carbonyl (C=O) groups excluding carboxylic acids is 1. The molecule has 1 aliphatic carbocycles. The third-order valence-electron chi connectivity index (χ3n) is 3.73. The predicted octanol–water partition coefficient (Wildman–Crippen LogP) is 2.34. The Morgan fingerprint density at radius 3 is 2.27 bits per heavy atom. The molecule has 0 spiro atoms. The van der Waals surface area contributed by atoms with Gasteiger partial charge in [-0.2, -0.15) is 0 Å². The van der Waals surface area contributed by atoms with Crippen LogP contribution in [0.25, 0.3) is 0 Å². The van der Waals surface area contributed by atoms with Crippen LogP contribution in [0.15, 0.2) is 17.0 Å². The van der Waals surface area contributed by atoms with Crippen LogP contribution >= 0.6 is 0 Å². The largest absolute Gasteiger partial charge is 0.326 e. The molecule has 0 saturated heterocycles. The van der Waals surface area contributed by atoms with Gasteiger partial charge in [-0.1, -0.05) is 6.42 Å². The number of hydrogen-bond donors (Lipinski definition) is 1. The lowest BCUT2D eigenvalue weighted by Gasteiger charge is -2.29. The second kappa shape index (κ2) is 6.29. The molecule has 0 heterocycles. The summed E-state index contributed by atoms with van der Waals surface area (Å²) in [6.07, 6.45) is 2.89. The summed E-state index contributed by atoms with van der Waals surface area (Å²) in [4.78, 5) is 9.92. The summed E-state index contributed by atoms with van der Waals surface area (Å²) in [5.74, 6) is -2.70. The molecule has 2 rings (SSSR count). The molecule has 1 aromatic carbocycles. The van der Waals surface area contributed by atoms with Gasteiger partial charge in [0, 0.05) is 26.2 Å². The number of amides is 1. The van der Waals surface area contributed by atoms with Crippen LogP contribution in [0.2, 0.25) is 0 Å². The fourth-order valence-electron chi connectivity index (χ4n) is 2.37. The molecule has 1 aromatic rings. The van der Waals surface area contributed by atoms with Crippen molar-refractivity contribution in [1.29, 1.82) is 0 Å². The standard InChI is InChI=1S/C14H18F2N2O3S/c1-9(19)17-11-6-12(15)14(13(16)7-11)22(20,21)18(2)8-10-4-3-5-10/h6-7,10H,3-5,8H2,1-2H3,(H,17,19).